The number of halogens is 3. The number of carboxylic acids is 1. The summed E-state index contributed by atoms with van der Waals surface area (Å²) in [5.74, 6) is -2.76. The van der Waals surface area contributed by atoms with Crippen molar-refractivity contribution in [2.24, 2.45) is 0 Å². The van der Waals surface area contributed by atoms with Crippen LogP contribution >= 0.6 is 27.0 Å². The Balaban J connectivity index is -0.000000180. The van der Waals surface area contributed by atoms with Gasteiger partial charge in [0.2, 0.25) is 0 Å². The molecule has 0 heterocycles. The van der Waals surface area contributed by atoms with Crippen LogP contribution in [0, 0.1) is 0 Å². The molecule has 0 fully saturated rings. The van der Waals surface area contributed by atoms with Crippen LogP contribution in [0.15, 0.2) is 0 Å². The molecular formula is C2H5F3O2S2. The third-order valence-corrected chi connectivity index (χ3v) is 0.243. The molecule has 0 amide bonds. The first-order valence-corrected chi connectivity index (χ1v) is 1.24. The maximum atomic E-state index is 10.6. The SMILES string of the molecule is O=C(O)C(F)(F)F.S.S. The fourth-order valence-electron chi connectivity index (χ4n) is 0. The minimum absolute atomic E-state index is 0. The van der Waals surface area contributed by atoms with E-state index in [2.05, 4.69) is 0 Å². The van der Waals surface area contributed by atoms with Crippen LogP contribution in [0.5, 0.6) is 0 Å². The number of hydrogen-bond donors (Lipinski definition) is 1. The molecule has 0 aromatic carbocycles. The molecule has 0 atom stereocenters. The van der Waals surface area contributed by atoms with Crippen LogP contribution < -0.4 is 0 Å². The number of rotatable bonds is 0. The van der Waals surface area contributed by atoms with Gasteiger partial charge in [-0.1, -0.05) is 0 Å². The Labute approximate surface area is 62.9 Å². The van der Waals surface area contributed by atoms with Crippen molar-refractivity contribution < 1.29 is 23.1 Å². The van der Waals surface area contributed by atoms with Gasteiger partial charge in [0, 0.05) is 0 Å². The predicted octanol–water partition coefficient (Wildman–Crippen LogP) is 0.859. The molecule has 1 N–H and O–H groups in total. The highest BCUT2D eigenvalue weighted by molar-refractivity contribution is 7.59. The van der Waals surface area contributed by atoms with Crippen LogP contribution in [-0.2, 0) is 4.79 Å². The summed E-state index contributed by atoms with van der Waals surface area (Å²) < 4.78 is 31.7. The maximum Gasteiger partial charge on any atom is 0.490 e. The lowest BCUT2D eigenvalue weighted by atomic mass is 10.7. The molecule has 9 heavy (non-hydrogen) atoms. The van der Waals surface area contributed by atoms with Crippen molar-refractivity contribution >= 4 is 33.0 Å². The van der Waals surface area contributed by atoms with E-state index in [1.807, 2.05) is 0 Å². The molecule has 0 radical (unpaired) electrons. The summed E-state index contributed by atoms with van der Waals surface area (Å²) in [6, 6.07) is 0. The van der Waals surface area contributed by atoms with Gasteiger partial charge >= 0.3 is 12.1 Å². The Hall–Kier alpha value is -0.0400. The molecule has 0 saturated heterocycles. The van der Waals surface area contributed by atoms with E-state index in [9.17, 15) is 13.2 Å². The molecule has 58 valence electrons. The third-order valence-electron chi connectivity index (χ3n) is 0.243. The van der Waals surface area contributed by atoms with Gasteiger partial charge in [0.05, 0.1) is 0 Å². The zero-order valence-electron chi connectivity index (χ0n) is 3.99. The largest absolute Gasteiger partial charge is 0.490 e. The lowest BCUT2D eigenvalue weighted by Crippen LogP contribution is -2.21. The second-order valence-electron chi connectivity index (χ2n) is 0.803. The molecule has 0 aliphatic rings. The van der Waals surface area contributed by atoms with Gasteiger partial charge in [-0.2, -0.15) is 40.2 Å². The van der Waals surface area contributed by atoms with E-state index >= 15 is 0 Å². The highest BCUT2D eigenvalue weighted by atomic mass is 32.1. The minimum Gasteiger partial charge on any atom is -0.475 e. The second-order valence-corrected chi connectivity index (χ2v) is 0.803. The van der Waals surface area contributed by atoms with E-state index in [0.29, 0.717) is 0 Å². The summed E-state index contributed by atoms with van der Waals surface area (Å²) in [7, 11) is 0. The van der Waals surface area contributed by atoms with Crippen LogP contribution in [0.4, 0.5) is 13.2 Å². The lowest BCUT2D eigenvalue weighted by molar-refractivity contribution is -0.192. The Morgan fingerprint density at radius 1 is 1.22 bits per heavy atom. The summed E-state index contributed by atoms with van der Waals surface area (Å²) in [6.07, 6.45) is -5.08. The van der Waals surface area contributed by atoms with Gasteiger partial charge in [-0.3, -0.25) is 0 Å². The van der Waals surface area contributed by atoms with Crippen molar-refractivity contribution in [1.82, 2.24) is 0 Å². The number of alkyl halides is 3. The van der Waals surface area contributed by atoms with Gasteiger partial charge in [-0.25, -0.2) is 4.79 Å². The van der Waals surface area contributed by atoms with Crippen LogP contribution in [0.1, 0.15) is 0 Å². The topological polar surface area (TPSA) is 37.3 Å². The van der Waals surface area contributed by atoms with Crippen molar-refractivity contribution in [3.8, 4) is 0 Å². The van der Waals surface area contributed by atoms with Crippen molar-refractivity contribution in [3.05, 3.63) is 0 Å². The van der Waals surface area contributed by atoms with Gasteiger partial charge in [0.15, 0.2) is 0 Å². The van der Waals surface area contributed by atoms with Crippen LogP contribution in [0.2, 0.25) is 0 Å². The third kappa shape index (κ3) is 7.96. The quantitative estimate of drug-likeness (QED) is 0.603. The summed E-state index contributed by atoms with van der Waals surface area (Å²) in [6.45, 7) is 0. The average molecular weight is 182 g/mol. The fourth-order valence-corrected chi connectivity index (χ4v) is 0. The van der Waals surface area contributed by atoms with E-state index in [1.54, 1.807) is 0 Å². The van der Waals surface area contributed by atoms with E-state index in [1.165, 1.54) is 0 Å². The zero-order valence-corrected chi connectivity index (χ0v) is 5.99. The van der Waals surface area contributed by atoms with E-state index in [-0.39, 0.29) is 27.0 Å². The molecule has 0 spiro atoms. The number of carboxylic acid groups (broad SMARTS) is 1. The predicted molar refractivity (Wildman–Crippen MR) is 34.5 cm³/mol. The molecule has 0 rings (SSSR count). The highest BCUT2D eigenvalue weighted by Crippen LogP contribution is 2.13. The Morgan fingerprint density at radius 3 is 1.33 bits per heavy atom. The number of aliphatic carboxylic acids is 1. The van der Waals surface area contributed by atoms with Crippen LogP contribution in [0.25, 0.3) is 0 Å². The van der Waals surface area contributed by atoms with Crippen LogP contribution in [0.3, 0.4) is 0 Å². The number of hydrogen-bond acceptors (Lipinski definition) is 1. The molecule has 0 unspecified atom stereocenters. The summed E-state index contributed by atoms with van der Waals surface area (Å²) in [5.41, 5.74) is 0. The average Bonchev–Trinajstić information content (AvgIpc) is 1.31. The normalized spacial score (nSPS) is 8.78. The molecular weight excluding hydrogens is 177 g/mol. The van der Waals surface area contributed by atoms with Crippen molar-refractivity contribution in [1.29, 1.82) is 0 Å². The molecule has 0 aliphatic carbocycles. The maximum absolute atomic E-state index is 10.6. The van der Waals surface area contributed by atoms with E-state index < -0.39 is 12.1 Å². The van der Waals surface area contributed by atoms with Gasteiger partial charge in [-0.15, -0.1) is 0 Å². The molecule has 2 nitrogen and oxygen atoms in total. The van der Waals surface area contributed by atoms with Crippen LogP contribution in [-0.4, -0.2) is 17.3 Å². The standard InChI is InChI=1S/C2HF3O2.2H2S/c3-2(4,5)1(6)7;;/h(H,6,7);2*1H2. The smallest absolute Gasteiger partial charge is 0.475 e. The first-order valence-electron chi connectivity index (χ1n) is 1.24. The van der Waals surface area contributed by atoms with Crippen molar-refractivity contribution in [2.45, 2.75) is 6.18 Å². The minimum atomic E-state index is -5.08. The molecule has 0 aromatic rings. The second kappa shape index (κ2) is 4.80. The molecule has 7 heteroatoms. The highest BCUT2D eigenvalue weighted by Gasteiger charge is 2.38. The monoisotopic (exact) mass is 182 g/mol. The first kappa shape index (κ1) is 16.0. The van der Waals surface area contributed by atoms with Crippen molar-refractivity contribution in [3.63, 3.8) is 0 Å². The number of carbonyl (C=O) groups is 1. The Kier molecular flexibility index (Phi) is 8.53. The molecule has 0 aromatic heterocycles. The first-order chi connectivity index (χ1) is 2.94. The van der Waals surface area contributed by atoms with E-state index in [0.717, 1.165) is 0 Å². The fraction of sp³-hybridized carbons (Fsp3) is 0.500. The van der Waals surface area contributed by atoms with Gasteiger partial charge in [-0.05, 0) is 0 Å². The Bertz CT molecular complexity index is 90.3. The zero-order chi connectivity index (χ0) is 6.08. The lowest BCUT2D eigenvalue weighted by Gasteiger charge is -1.93. The summed E-state index contributed by atoms with van der Waals surface area (Å²) in [4.78, 5) is 8.90. The van der Waals surface area contributed by atoms with Gasteiger partial charge < -0.3 is 5.11 Å². The Morgan fingerprint density at radius 2 is 1.33 bits per heavy atom. The molecule has 0 saturated carbocycles. The molecule has 0 bridgehead atoms. The van der Waals surface area contributed by atoms with Gasteiger partial charge in [0.1, 0.15) is 0 Å². The van der Waals surface area contributed by atoms with Gasteiger partial charge in [0.25, 0.3) is 0 Å². The summed E-state index contributed by atoms with van der Waals surface area (Å²) in [5, 5.41) is 7.12. The van der Waals surface area contributed by atoms with E-state index in [4.69, 9.17) is 9.90 Å². The van der Waals surface area contributed by atoms with Crippen molar-refractivity contribution in [2.75, 3.05) is 0 Å². The molecule has 0 aliphatic heterocycles. The summed E-state index contributed by atoms with van der Waals surface area (Å²) >= 11 is 0.